The van der Waals surface area contributed by atoms with E-state index in [-0.39, 0.29) is 23.7 Å². The van der Waals surface area contributed by atoms with E-state index in [1.165, 1.54) is 24.2 Å². The first kappa shape index (κ1) is 16.2. The van der Waals surface area contributed by atoms with Gasteiger partial charge in [-0.05, 0) is 45.4 Å². The number of hydrogen-bond acceptors (Lipinski definition) is 5. The quantitative estimate of drug-likeness (QED) is 0.822. The molecule has 2 unspecified atom stereocenters. The van der Waals surface area contributed by atoms with Crippen LogP contribution in [0.3, 0.4) is 0 Å². The van der Waals surface area contributed by atoms with Gasteiger partial charge in [0.2, 0.25) is 0 Å². The standard InChI is InChI=1S/C18H23N5O2S/c1-10-16(26-11(2)19-10)17(24)23-13-5-6-14(23)9-21-15(7-13)20-22(18(21)25)8-12-3-4-12/h12-14H,3-9H2,1-2H3. The number of amides is 1. The van der Waals surface area contributed by atoms with Gasteiger partial charge < -0.3 is 4.90 Å². The van der Waals surface area contributed by atoms with Crippen LogP contribution in [0.2, 0.25) is 0 Å². The second-order valence-electron chi connectivity index (χ2n) is 7.88. The van der Waals surface area contributed by atoms with Gasteiger partial charge >= 0.3 is 5.69 Å². The first-order valence-corrected chi connectivity index (χ1v) is 10.3. The van der Waals surface area contributed by atoms with Gasteiger partial charge in [-0.1, -0.05) is 0 Å². The Balaban J connectivity index is 1.46. The van der Waals surface area contributed by atoms with Gasteiger partial charge in [0.25, 0.3) is 5.91 Å². The van der Waals surface area contributed by atoms with Gasteiger partial charge in [-0.3, -0.25) is 9.36 Å². The third kappa shape index (κ3) is 2.53. The summed E-state index contributed by atoms with van der Waals surface area (Å²) in [6, 6.07) is 0.207. The van der Waals surface area contributed by atoms with Crippen LogP contribution in [-0.4, -0.2) is 42.2 Å². The van der Waals surface area contributed by atoms with Crippen LogP contribution < -0.4 is 5.69 Å². The average Bonchev–Trinajstić information content (AvgIpc) is 3.18. The minimum atomic E-state index is -0.00309. The van der Waals surface area contributed by atoms with Crippen LogP contribution in [0.25, 0.3) is 0 Å². The number of rotatable bonds is 3. The summed E-state index contributed by atoms with van der Waals surface area (Å²) >= 11 is 1.47. The first-order chi connectivity index (χ1) is 12.5. The van der Waals surface area contributed by atoms with E-state index < -0.39 is 0 Å². The molecule has 5 rings (SSSR count). The zero-order chi connectivity index (χ0) is 18.0. The van der Waals surface area contributed by atoms with Crippen molar-refractivity contribution in [2.75, 3.05) is 0 Å². The lowest BCUT2D eigenvalue weighted by atomic mass is 10.1. The van der Waals surface area contributed by atoms with Gasteiger partial charge in [0.15, 0.2) is 0 Å². The first-order valence-electron chi connectivity index (χ1n) is 9.44. The molecule has 2 fully saturated rings. The molecule has 1 aliphatic carbocycles. The molecule has 26 heavy (non-hydrogen) atoms. The van der Waals surface area contributed by atoms with Crippen molar-refractivity contribution in [2.24, 2.45) is 5.92 Å². The van der Waals surface area contributed by atoms with E-state index in [4.69, 9.17) is 0 Å². The van der Waals surface area contributed by atoms with E-state index in [0.29, 0.717) is 18.9 Å². The Morgan fingerprint density at radius 2 is 1.96 bits per heavy atom. The summed E-state index contributed by atoms with van der Waals surface area (Å²) in [4.78, 5) is 33.1. The molecule has 2 aromatic heterocycles. The van der Waals surface area contributed by atoms with Crippen LogP contribution in [0, 0.1) is 19.8 Å². The van der Waals surface area contributed by atoms with Crippen LogP contribution >= 0.6 is 11.3 Å². The number of carbonyl (C=O) groups excluding carboxylic acids is 1. The van der Waals surface area contributed by atoms with Crippen molar-refractivity contribution < 1.29 is 4.79 Å². The van der Waals surface area contributed by atoms with Crippen LogP contribution in [0.5, 0.6) is 0 Å². The minimum absolute atomic E-state index is 0.00309. The molecule has 1 saturated carbocycles. The highest BCUT2D eigenvalue weighted by molar-refractivity contribution is 7.13. The SMILES string of the molecule is Cc1nc(C)c(C(=O)N2C3CCC2Cn2c(nn(CC4CC4)c2=O)C3)s1. The van der Waals surface area contributed by atoms with E-state index in [2.05, 4.69) is 10.1 Å². The van der Waals surface area contributed by atoms with Gasteiger partial charge in [-0.15, -0.1) is 11.3 Å². The topological polar surface area (TPSA) is 73.0 Å². The average molecular weight is 373 g/mol. The van der Waals surface area contributed by atoms with E-state index in [0.717, 1.165) is 40.8 Å². The molecule has 0 N–H and O–H groups in total. The molecule has 2 aliphatic heterocycles. The van der Waals surface area contributed by atoms with E-state index in [1.54, 1.807) is 4.68 Å². The van der Waals surface area contributed by atoms with Crippen molar-refractivity contribution in [1.29, 1.82) is 0 Å². The number of hydrogen-bond donors (Lipinski definition) is 0. The lowest BCUT2D eigenvalue weighted by molar-refractivity contribution is 0.0669. The molecule has 138 valence electrons. The third-order valence-electron chi connectivity index (χ3n) is 5.89. The number of aromatic nitrogens is 4. The zero-order valence-corrected chi connectivity index (χ0v) is 16.0. The predicted molar refractivity (Wildman–Crippen MR) is 97.5 cm³/mol. The molecule has 1 amide bonds. The number of fused-ring (bicyclic) bond motifs is 3. The van der Waals surface area contributed by atoms with Crippen LogP contribution in [0.1, 0.15) is 51.9 Å². The largest absolute Gasteiger partial charge is 0.345 e. The highest BCUT2D eigenvalue weighted by atomic mass is 32.1. The Hall–Kier alpha value is -1.96. The molecule has 0 spiro atoms. The van der Waals surface area contributed by atoms with Crippen molar-refractivity contribution >= 4 is 17.2 Å². The molecule has 4 heterocycles. The second-order valence-corrected chi connectivity index (χ2v) is 9.09. The Bertz CT molecular complexity index is 938. The Kier molecular flexibility index (Phi) is 3.60. The molecule has 0 aromatic carbocycles. The molecule has 2 atom stereocenters. The molecule has 3 aliphatic rings. The normalized spacial score (nSPS) is 24.6. The maximum atomic E-state index is 13.2. The van der Waals surface area contributed by atoms with Crippen LogP contribution in [-0.2, 0) is 19.5 Å². The number of carbonyl (C=O) groups is 1. The van der Waals surface area contributed by atoms with Gasteiger partial charge in [-0.25, -0.2) is 14.5 Å². The lowest BCUT2D eigenvalue weighted by Gasteiger charge is -2.27. The van der Waals surface area contributed by atoms with E-state index in [1.807, 2.05) is 23.3 Å². The van der Waals surface area contributed by atoms with Crippen LogP contribution in [0.15, 0.2) is 4.79 Å². The fourth-order valence-electron chi connectivity index (χ4n) is 4.43. The third-order valence-corrected chi connectivity index (χ3v) is 6.95. The summed E-state index contributed by atoms with van der Waals surface area (Å²) in [5.41, 5.74) is 0.808. The van der Waals surface area contributed by atoms with Crippen molar-refractivity contribution in [3.05, 3.63) is 31.9 Å². The maximum Gasteiger partial charge on any atom is 0.345 e. The molecule has 1 saturated heterocycles. The fourth-order valence-corrected chi connectivity index (χ4v) is 5.29. The van der Waals surface area contributed by atoms with Crippen molar-refractivity contribution in [1.82, 2.24) is 24.2 Å². The summed E-state index contributed by atoms with van der Waals surface area (Å²) in [6.07, 6.45) is 5.02. The Morgan fingerprint density at radius 3 is 2.65 bits per heavy atom. The zero-order valence-electron chi connectivity index (χ0n) is 15.1. The minimum Gasteiger partial charge on any atom is -0.330 e. The highest BCUT2D eigenvalue weighted by Gasteiger charge is 2.42. The monoisotopic (exact) mass is 373 g/mol. The summed E-state index contributed by atoms with van der Waals surface area (Å²) < 4.78 is 3.47. The smallest absolute Gasteiger partial charge is 0.330 e. The molecule has 2 aromatic rings. The van der Waals surface area contributed by atoms with Crippen molar-refractivity contribution in [3.8, 4) is 0 Å². The number of thiazole rings is 1. The summed E-state index contributed by atoms with van der Waals surface area (Å²) in [7, 11) is 0. The van der Waals surface area contributed by atoms with Crippen LogP contribution in [0.4, 0.5) is 0 Å². The fraction of sp³-hybridized carbons (Fsp3) is 0.667. The molecule has 2 bridgehead atoms. The van der Waals surface area contributed by atoms with Gasteiger partial charge in [-0.2, -0.15) is 5.10 Å². The second kappa shape index (κ2) is 5.77. The molecular weight excluding hydrogens is 350 g/mol. The van der Waals surface area contributed by atoms with E-state index in [9.17, 15) is 9.59 Å². The molecule has 8 heteroatoms. The molecule has 7 nitrogen and oxygen atoms in total. The predicted octanol–water partition coefficient (Wildman–Crippen LogP) is 1.76. The van der Waals surface area contributed by atoms with E-state index >= 15 is 0 Å². The Morgan fingerprint density at radius 1 is 1.19 bits per heavy atom. The van der Waals surface area contributed by atoms with Crippen molar-refractivity contribution in [2.45, 2.75) is 71.1 Å². The van der Waals surface area contributed by atoms with Crippen molar-refractivity contribution in [3.63, 3.8) is 0 Å². The maximum absolute atomic E-state index is 13.2. The van der Waals surface area contributed by atoms with Gasteiger partial charge in [0.1, 0.15) is 10.7 Å². The number of aryl methyl sites for hydroxylation is 2. The summed E-state index contributed by atoms with van der Waals surface area (Å²) in [5, 5.41) is 5.54. The lowest BCUT2D eigenvalue weighted by Crippen LogP contribution is -2.42. The highest BCUT2D eigenvalue weighted by Crippen LogP contribution is 2.34. The van der Waals surface area contributed by atoms with Gasteiger partial charge in [0, 0.05) is 25.6 Å². The molecule has 0 radical (unpaired) electrons. The van der Waals surface area contributed by atoms with Gasteiger partial charge in [0.05, 0.1) is 16.7 Å². The Labute approximate surface area is 155 Å². The number of nitrogens with zero attached hydrogens (tertiary/aromatic N) is 5. The summed E-state index contributed by atoms with van der Waals surface area (Å²) in [5.74, 6) is 1.54. The summed E-state index contributed by atoms with van der Waals surface area (Å²) in [6.45, 7) is 5.15. The molecular formula is C18H23N5O2S.